The molecule has 1 atom stereocenters. The number of rotatable bonds is 5. The third-order valence-corrected chi connectivity index (χ3v) is 3.56. The van der Waals surface area contributed by atoms with E-state index in [1.165, 1.54) is 5.56 Å². The average molecular weight is 285 g/mol. The molecule has 0 saturated heterocycles. The standard InChI is InChI=1S/C17H23N3O/c1-4-5-10-20-17(21)15(13(3)18)11-16(19-20)14-8-6-12(2)7-9-14/h6-9,11,13H,4-5,10,18H2,1-3H3. The molecule has 0 amide bonds. The Hall–Kier alpha value is -1.94. The molecule has 0 bridgehead atoms. The Morgan fingerprint density at radius 2 is 1.95 bits per heavy atom. The van der Waals surface area contributed by atoms with Gasteiger partial charge in [0.25, 0.3) is 5.56 Å². The lowest BCUT2D eigenvalue weighted by molar-refractivity contribution is 0.536. The zero-order valence-corrected chi connectivity index (χ0v) is 13.0. The van der Waals surface area contributed by atoms with Crippen LogP contribution in [0.5, 0.6) is 0 Å². The van der Waals surface area contributed by atoms with Gasteiger partial charge in [0.15, 0.2) is 0 Å². The molecule has 112 valence electrons. The second kappa shape index (κ2) is 6.68. The van der Waals surface area contributed by atoms with Crippen molar-refractivity contribution in [1.29, 1.82) is 0 Å². The van der Waals surface area contributed by atoms with Gasteiger partial charge >= 0.3 is 0 Å². The zero-order valence-electron chi connectivity index (χ0n) is 13.0. The van der Waals surface area contributed by atoms with Crippen LogP contribution < -0.4 is 11.3 Å². The molecule has 1 aromatic carbocycles. The molecule has 0 aliphatic carbocycles. The number of hydrogen-bond acceptors (Lipinski definition) is 3. The molecule has 4 heteroatoms. The number of hydrogen-bond donors (Lipinski definition) is 1. The molecule has 2 N–H and O–H groups in total. The number of aromatic nitrogens is 2. The highest BCUT2D eigenvalue weighted by molar-refractivity contribution is 5.59. The molecular formula is C17H23N3O. The fourth-order valence-electron chi connectivity index (χ4n) is 2.21. The molecule has 0 radical (unpaired) electrons. The molecule has 0 aliphatic rings. The Bertz CT molecular complexity index is 657. The number of nitrogens with two attached hydrogens (primary N) is 1. The van der Waals surface area contributed by atoms with Crippen LogP contribution >= 0.6 is 0 Å². The molecular weight excluding hydrogens is 262 g/mol. The van der Waals surface area contributed by atoms with Crippen LogP contribution in [0.25, 0.3) is 11.3 Å². The second-order valence-electron chi connectivity index (χ2n) is 5.52. The van der Waals surface area contributed by atoms with E-state index in [1.54, 1.807) is 4.68 Å². The van der Waals surface area contributed by atoms with Crippen molar-refractivity contribution in [3.63, 3.8) is 0 Å². The number of nitrogens with zero attached hydrogens (tertiary/aromatic N) is 2. The van der Waals surface area contributed by atoms with Gasteiger partial charge in [-0.2, -0.15) is 5.10 Å². The van der Waals surface area contributed by atoms with Crippen LogP contribution in [0.15, 0.2) is 35.1 Å². The van der Waals surface area contributed by atoms with E-state index in [2.05, 4.69) is 12.0 Å². The summed E-state index contributed by atoms with van der Waals surface area (Å²) in [5, 5.41) is 4.50. The highest BCUT2D eigenvalue weighted by Crippen LogP contribution is 2.19. The topological polar surface area (TPSA) is 60.9 Å². The molecule has 21 heavy (non-hydrogen) atoms. The minimum Gasteiger partial charge on any atom is -0.324 e. The predicted octanol–water partition coefficient (Wildman–Crippen LogP) is 3.04. The van der Waals surface area contributed by atoms with Gasteiger partial charge in [0, 0.05) is 23.7 Å². The van der Waals surface area contributed by atoms with Gasteiger partial charge in [-0.1, -0.05) is 43.2 Å². The van der Waals surface area contributed by atoms with Gasteiger partial charge in [-0.25, -0.2) is 4.68 Å². The van der Waals surface area contributed by atoms with Gasteiger partial charge < -0.3 is 5.73 Å². The fraction of sp³-hybridized carbons (Fsp3) is 0.412. The largest absolute Gasteiger partial charge is 0.324 e. The van der Waals surface area contributed by atoms with E-state index in [0.717, 1.165) is 24.1 Å². The van der Waals surface area contributed by atoms with E-state index in [4.69, 9.17) is 5.73 Å². The Kier molecular flexibility index (Phi) is 4.91. The Morgan fingerprint density at radius 3 is 2.52 bits per heavy atom. The number of aryl methyl sites for hydroxylation is 2. The summed E-state index contributed by atoms with van der Waals surface area (Å²) in [4.78, 5) is 12.4. The monoisotopic (exact) mass is 285 g/mol. The third kappa shape index (κ3) is 3.58. The maximum absolute atomic E-state index is 12.4. The highest BCUT2D eigenvalue weighted by atomic mass is 16.1. The van der Waals surface area contributed by atoms with Crippen molar-refractivity contribution in [2.75, 3.05) is 0 Å². The van der Waals surface area contributed by atoms with Gasteiger partial charge in [-0.3, -0.25) is 4.79 Å². The van der Waals surface area contributed by atoms with Crippen LogP contribution in [0.1, 0.15) is 43.9 Å². The first-order chi connectivity index (χ1) is 10.0. The Morgan fingerprint density at radius 1 is 1.29 bits per heavy atom. The Labute approximate surface area is 125 Å². The van der Waals surface area contributed by atoms with Crippen molar-refractivity contribution < 1.29 is 0 Å². The van der Waals surface area contributed by atoms with Crippen molar-refractivity contribution in [2.24, 2.45) is 5.73 Å². The van der Waals surface area contributed by atoms with Gasteiger partial charge in [0.2, 0.25) is 0 Å². The van der Waals surface area contributed by atoms with Gasteiger partial charge in [-0.05, 0) is 26.3 Å². The minimum absolute atomic E-state index is 0.0747. The molecule has 4 nitrogen and oxygen atoms in total. The molecule has 0 fully saturated rings. The van der Waals surface area contributed by atoms with E-state index in [9.17, 15) is 4.79 Å². The van der Waals surface area contributed by atoms with Gasteiger partial charge in [0.1, 0.15) is 0 Å². The summed E-state index contributed by atoms with van der Waals surface area (Å²) in [6.07, 6.45) is 1.96. The van der Waals surface area contributed by atoms with Crippen LogP contribution in [0, 0.1) is 6.92 Å². The van der Waals surface area contributed by atoms with Crippen molar-refractivity contribution in [3.05, 3.63) is 51.8 Å². The summed E-state index contributed by atoms with van der Waals surface area (Å²) < 4.78 is 1.55. The molecule has 0 saturated carbocycles. The molecule has 2 aromatic rings. The molecule has 1 unspecified atom stereocenters. The smallest absolute Gasteiger partial charge is 0.271 e. The molecule has 1 heterocycles. The molecule has 2 rings (SSSR count). The number of benzene rings is 1. The van der Waals surface area contributed by atoms with E-state index in [1.807, 2.05) is 44.2 Å². The highest BCUT2D eigenvalue weighted by Gasteiger charge is 2.12. The molecule has 0 aliphatic heterocycles. The minimum atomic E-state index is -0.294. The summed E-state index contributed by atoms with van der Waals surface area (Å²) in [7, 11) is 0. The maximum Gasteiger partial charge on any atom is 0.271 e. The lowest BCUT2D eigenvalue weighted by atomic mass is 10.1. The normalized spacial score (nSPS) is 12.4. The van der Waals surface area contributed by atoms with Crippen LogP contribution in [-0.4, -0.2) is 9.78 Å². The third-order valence-electron chi connectivity index (χ3n) is 3.56. The zero-order chi connectivity index (χ0) is 15.4. The van der Waals surface area contributed by atoms with E-state index < -0.39 is 0 Å². The maximum atomic E-state index is 12.4. The van der Waals surface area contributed by atoms with Crippen LogP contribution in [-0.2, 0) is 6.54 Å². The lowest BCUT2D eigenvalue weighted by Crippen LogP contribution is -2.29. The second-order valence-corrected chi connectivity index (χ2v) is 5.52. The van der Waals surface area contributed by atoms with Crippen LogP contribution in [0.4, 0.5) is 0 Å². The van der Waals surface area contributed by atoms with E-state index in [0.29, 0.717) is 12.1 Å². The summed E-state index contributed by atoms with van der Waals surface area (Å²) in [6.45, 7) is 6.61. The summed E-state index contributed by atoms with van der Waals surface area (Å²) in [5.41, 5.74) is 9.50. The summed E-state index contributed by atoms with van der Waals surface area (Å²) >= 11 is 0. The summed E-state index contributed by atoms with van der Waals surface area (Å²) in [6, 6.07) is 9.67. The number of unbranched alkanes of at least 4 members (excludes halogenated alkanes) is 1. The van der Waals surface area contributed by atoms with Crippen molar-refractivity contribution in [3.8, 4) is 11.3 Å². The van der Waals surface area contributed by atoms with Crippen molar-refractivity contribution >= 4 is 0 Å². The van der Waals surface area contributed by atoms with Gasteiger partial charge in [0.05, 0.1) is 5.69 Å². The predicted molar refractivity (Wildman–Crippen MR) is 86.2 cm³/mol. The first kappa shape index (κ1) is 15.4. The van der Waals surface area contributed by atoms with Gasteiger partial charge in [-0.15, -0.1) is 0 Å². The quantitative estimate of drug-likeness (QED) is 0.918. The first-order valence-corrected chi connectivity index (χ1v) is 7.47. The average Bonchev–Trinajstić information content (AvgIpc) is 2.47. The van der Waals surface area contributed by atoms with E-state index >= 15 is 0 Å². The van der Waals surface area contributed by atoms with Crippen LogP contribution in [0.2, 0.25) is 0 Å². The Balaban J connectivity index is 2.52. The van der Waals surface area contributed by atoms with E-state index in [-0.39, 0.29) is 11.6 Å². The lowest BCUT2D eigenvalue weighted by Gasteiger charge is -2.12. The SMILES string of the molecule is CCCCn1nc(-c2ccc(C)cc2)cc(C(C)N)c1=O. The first-order valence-electron chi connectivity index (χ1n) is 7.47. The summed E-state index contributed by atoms with van der Waals surface area (Å²) in [5.74, 6) is 0. The molecule has 1 aromatic heterocycles. The fourth-order valence-corrected chi connectivity index (χ4v) is 2.21. The van der Waals surface area contributed by atoms with Crippen LogP contribution in [0.3, 0.4) is 0 Å². The van der Waals surface area contributed by atoms with Crippen molar-refractivity contribution in [2.45, 2.75) is 46.2 Å². The van der Waals surface area contributed by atoms with Crippen molar-refractivity contribution in [1.82, 2.24) is 9.78 Å². The molecule has 0 spiro atoms.